The van der Waals surface area contributed by atoms with E-state index in [0.29, 0.717) is 24.3 Å². The van der Waals surface area contributed by atoms with Crippen LogP contribution in [0.25, 0.3) is 0 Å². The van der Waals surface area contributed by atoms with E-state index in [4.69, 9.17) is 9.47 Å². The first-order valence-electron chi connectivity index (χ1n) is 8.99. The average Bonchev–Trinajstić information content (AvgIpc) is 2.94. The molecule has 7 nitrogen and oxygen atoms in total. The molecule has 0 aromatic heterocycles. The summed E-state index contributed by atoms with van der Waals surface area (Å²) in [5.41, 5.74) is 1.40. The molecule has 2 bridgehead atoms. The van der Waals surface area contributed by atoms with E-state index < -0.39 is 26.6 Å². The molecule has 2 fully saturated rings. The number of likely N-dealkylation sites (tertiary alicyclic amines) is 1. The molecule has 1 aromatic rings. The zero-order valence-corrected chi connectivity index (χ0v) is 18.6. The third kappa shape index (κ3) is 2.26. The fourth-order valence-electron chi connectivity index (χ4n) is 6.13. The van der Waals surface area contributed by atoms with E-state index in [1.165, 1.54) is 7.11 Å². The molecular weight excluding hydrogens is 381 g/mol. The maximum atomic E-state index is 12.1. The van der Waals surface area contributed by atoms with Crippen LogP contribution in [0.2, 0.25) is 0 Å². The Morgan fingerprint density at radius 2 is 2.11 bits per heavy atom. The van der Waals surface area contributed by atoms with E-state index in [2.05, 4.69) is 11.9 Å². The number of nitrogens with zero attached hydrogens (tertiary/aromatic N) is 1. The molecule has 1 unspecified atom stereocenters. The van der Waals surface area contributed by atoms with Crippen molar-refractivity contribution >= 4 is 10.1 Å². The van der Waals surface area contributed by atoms with Crippen molar-refractivity contribution in [3.8, 4) is 11.5 Å². The third-order valence-electron chi connectivity index (χ3n) is 7.25. The molecule has 9 heteroatoms. The summed E-state index contributed by atoms with van der Waals surface area (Å²) >= 11 is 0. The predicted molar refractivity (Wildman–Crippen MR) is 91.2 cm³/mol. The zero-order valence-electron chi connectivity index (χ0n) is 15.8. The van der Waals surface area contributed by atoms with Crippen LogP contribution in [0.15, 0.2) is 12.1 Å². The van der Waals surface area contributed by atoms with Gasteiger partial charge in [0.2, 0.25) is 0 Å². The van der Waals surface area contributed by atoms with Gasteiger partial charge in [-0.3, -0.25) is 0 Å². The van der Waals surface area contributed by atoms with Crippen LogP contribution in [-0.2, 0) is 22.0 Å². The molecule has 1 saturated carbocycles. The molecule has 1 spiro atoms. The van der Waals surface area contributed by atoms with E-state index in [9.17, 15) is 18.1 Å². The Labute approximate surface area is 181 Å². The normalized spacial score (nSPS) is 39.2. The molecule has 1 aromatic carbocycles. The summed E-state index contributed by atoms with van der Waals surface area (Å²) in [4.78, 5) is -0.100. The van der Waals surface area contributed by atoms with Crippen LogP contribution in [0.5, 0.6) is 11.5 Å². The first kappa shape index (κ1) is 19.9. The van der Waals surface area contributed by atoms with Gasteiger partial charge < -0.3 is 24.0 Å². The number of benzene rings is 1. The van der Waals surface area contributed by atoms with Crippen LogP contribution < -0.4 is 39.0 Å². The number of ether oxygens (including phenoxy) is 2. The molecule has 0 radical (unpaired) electrons. The summed E-state index contributed by atoms with van der Waals surface area (Å²) in [6.45, 7) is 0.770. The Hall–Kier alpha value is -0.350. The minimum atomic E-state index is -4.96. The number of piperidine rings is 1. The molecule has 4 aliphatic rings. The van der Waals surface area contributed by atoms with Crippen molar-refractivity contribution in [2.45, 2.75) is 48.2 Å². The molecule has 27 heavy (non-hydrogen) atoms. The van der Waals surface area contributed by atoms with Gasteiger partial charge in [-0.1, -0.05) is 6.07 Å². The maximum Gasteiger partial charge on any atom is 1.00 e. The molecular formula is C18H22NNaO6S. The van der Waals surface area contributed by atoms with Gasteiger partial charge in [-0.15, -0.1) is 0 Å². The summed E-state index contributed by atoms with van der Waals surface area (Å²) in [7, 11) is -1.33. The Balaban J connectivity index is 0.00000180. The second kappa shape index (κ2) is 6.08. The summed E-state index contributed by atoms with van der Waals surface area (Å²) in [5.74, 6) is 1.18. The first-order valence-corrected chi connectivity index (χ1v) is 10.4. The second-order valence-corrected chi connectivity index (χ2v) is 9.73. The monoisotopic (exact) mass is 403 g/mol. The van der Waals surface area contributed by atoms with Gasteiger partial charge in [0, 0.05) is 17.0 Å². The number of hydrogen-bond acceptors (Lipinski definition) is 7. The molecule has 142 valence electrons. The molecule has 0 amide bonds. The van der Waals surface area contributed by atoms with Crippen molar-refractivity contribution in [3.05, 3.63) is 23.3 Å². The summed E-state index contributed by atoms with van der Waals surface area (Å²) in [5, 5.41) is 11.0. The second-order valence-electron chi connectivity index (χ2n) is 8.12. The number of aliphatic hydroxyl groups is 1. The van der Waals surface area contributed by atoms with Crippen molar-refractivity contribution in [3.63, 3.8) is 0 Å². The van der Waals surface area contributed by atoms with Crippen molar-refractivity contribution in [1.82, 2.24) is 4.90 Å². The van der Waals surface area contributed by atoms with Crippen molar-refractivity contribution in [2.24, 2.45) is 5.92 Å². The predicted octanol–water partition coefficient (Wildman–Crippen LogP) is -2.40. The summed E-state index contributed by atoms with van der Waals surface area (Å²) in [6.07, 6.45) is 0.820. The molecule has 2 aliphatic heterocycles. The van der Waals surface area contributed by atoms with Crippen LogP contribution in [0, 0.1) is 5.92 Å². The summed E-state index contributed by atoms with van der Waals surface area (Å²) in [6, 6.07) is 4.08. The maximum absolute atomic E-state index is 12.1. The van der Waals surface area contributed by atoms with Crippen LogP contribution in [0.3, 0.4) is 0 Å². The van der Waals surface area contributed by atoms with E-state index in [1.807, 2.05) is 12.1 Å². The van der Waals surface area contributed by atoms with Gasteiger partial charge in [0.1, 0.15) is 10.1 Å². The summed E-state index contributed by atoms with van der Waals surface area (Å²) < 4.78 is 47.7. The molecule has 2 heterocycles. The fourth-order valence-corrected chi connectivity index (χ4v) is 7.02. The van der Waals surface area contributed by atoms with Crippen LogP contribution in [0.1, 0.15) is 30.4 Å². The molecule has 5 atom stereocenters. The van der Waals surface area contributed by atoms with Gasteiger partial charge >= 0.3 is 29.6 Å². The number of methoxy groups -OCH3 is 1. The van der Waals surface area contributed by atoms with Gasteiger partial charge in [-0.2, -0.15) is 0 Å². The molecule has 5 rings (SSSR count). The minimum absolute atomic E-state index is 0. The van der Waals surface area contributed by atoms with E-state index >= 15 is 0 Å². The van der Waals surface area contributed by atoms with Gasteiger partial charge in [-0.25, -0.2) is 8.42 Å². The smallest absolute Gasteiger partial charge is 0.746 e. The van der Waals surface area contributed by atoms with Gasteiger partial charge in [0.15, 0.2) is 22.5 Å². The zero-order chi connectivity index (χ0) is 18.5. The number of likely N-dealkylation sites (N-methyl/N-ethyl adjacent to an activating group) is 1. The molecule has 2 aliphatic carbocycles. The number of rotatable bonds is 2. The van der Waals surface area contributed by atoms with Gasteiger partial charge in [0.05, 0.1) is 7.11 Å². The topological polar surface area (TPSA) is 99.1 Å². The Kier molecular flexibility index (Phi) is 4.49. The van der Waals surface area contributed by atoms with Gasteiger partial charge in [0.25, 0.3) is 0 Å². The Morgan fingerprint density at radius 1 is 1.37 bits per heavy atom. The molecule has 1 saturated heterocycles. The standard InChI is InChI=1S/C18H23NO6S.Na/c1-19-8-7-17-11-5-6-18(20,26(21,22)23)16(17)25-15-13(24-2)4-3-10(14(15)17)9-12(11)19;/h3-4,11-12,16,20H,5-9H2,1-2H3,(H,21,22,23);/q;+1/p-1/t11-,12+,16+,17-,18?;/m0./s1. The quantitative estimate of drug-likeness (QED) is 0.434. The van der Waals surface area contributed by atoms with Gasteiger partial charge in [-0.05, 0) is 56.8 Å². The van der Waals surface area contributed by atoms with Crippen LogP contribution in [0.4, 0.5) is 0 Å². The Morgan fingerprint density at radius 3 is 2.78 bits per heavy atom. The van der Waals surface area contributed by atoms with Crippen molar-refractivity contribution in [1.29, 1.82) is 0 Å². The SMILES string of the molecule is COc1ccc2c3c1O[C@H]1C(O)(S(=O)(=O)[O-])CC[C@H]4[C@@H](C2)N(C)CC[C@@]341.[Na+]. The average molecular weight is 403 g/mol. The van der Waals surface area contributed by atoms with Crippen molar-refractivity contribution < 1.29 is 57.1 Å². The first-order chi connectivity index (χ1) is 12.2. The van der Waals surface area contributed by atoms with Crippen LogP contribution in [-0.4, -0.2) is 60.8 Å². The van der Waals surface area contributed by atoms with E-state index in [1.54, 1.807) is 0 Å². The number of hydrogen-bond donors (Lipinski definition) is 1. The van der Waals surface area contributed by atoms with E-state index in [-0.39, 0.29) is 47.9 Å². The minimum Gasteiger partial charge on any atom is -0.746 e. The fraction of sp³-hybridized carbons (Fsp3) is 0.667. The van der Waals surface area contributed by atoms with Crippen molar-refractivity contribution in [2.75, 3.05) is 20.7 Å². The Bertz CT molecular complexity index is 907. The largest absolute Gasteiger partial charge is 1.00 e. The third-order valence-corrected chi connectivity index (χ3v) is 8.54. The van der Waals surface area contributed by atoms with E-state index in [0.717, 1.165) is 24.1 Å². The van der Waals surface area contributed by atoms with Crippen LogP contribution >= 0.6 is 0 Å². The molecule has 1 N–H and O–H groups in total.